The zero-order chi connectivity index (χ0) is 10.2. The van der Waals surface area contributed by atoms with Crippen LogP contribution in [0, 0.1) is 17.3 Å². The highest BCUT2D eigenvalue weighted by Crippen LogP contribution is 2.41. The monoisotopic (exact) mass is 195 g/mol. The van der Waals surface area contributed by atoms with Gasteiger partial charge in [0.2, 0.25) is 0 Å². The van der Waals surface area contributed by atoms with Crippen molar-refractivity contribution in [3.63, 3.8) is 0 Å². The molecule has 1 N–H and O–H groups in total. The van der Waals surface area contributed by atoms with Crippen molar-refractivity contribution >= 4 is 0 Å². The predicted octanol–water partition coefficient (Wildman–Crippen LogP) is 3.20. The highest BCUT2D eigenvalue weighted by Gasteiger charge is 2.36. The summed E-state index contributed by atoms with van der Waals surface area (Å²) in [6, 6.07) is 0.795. The van der Waals surface area contributed by atoms with Crippen molar-refractivity contribution in [1.82, 2.24) is 5.32 Å². The van der Waals surface area contributed by atoms with Gasteiger partial charge in [-0.3, -0.25) is 0 Å². The van der Waals surface area contributed by atoms with E-state index in [9.17, 15) is 0 Å². The molecule has 2 aliphatic carbocycles. The van der Waals surface area contributed by atoms with Crippen molar-refractivity contribution in [2.45, 2.75) is 58.9 Å². The van der Waals surface area contributed by atoms with Crippen LogP contribution in [-0.2, 0) is 0 Å². The largest absolute Gasteiger partial charge is 0.314 e. The van der Waals surface area contributed by atoms with Gasteiger partial charge in [0, 0.05) is 6.04 Å². The predicted molar refractivity (Wildman–Crippen MR) is 61.3 cm³/mol. The summed E-state index contributed by atoms with van der Waals surface area (Å²) in [5.41, 5.74) is 0.580. The van der Waals surface area contributed by atoms with E-state index < -0.39 is 0 Å². The quantitative estimate of drug-likeness (QED) is 0.726. The highest BCUT2D eigenvalue weighted by atomic mass is 14.9. The second-order valence-electron chi connectivity index (χ2n) is 6.34. The first-order valence-electron chi connectivity index (χ1n) is 6.30. The minimum Gasteiger partial charge on any atom is -0.314 e. The summed E-state index contributed by atoms with van der Waals surface area (Å²) in [6.45, 7) is 8.48. The van der Waals surface area contributed by atoms with Gasteiger partial charge >= 0.3 is 0 Å². The van der Waals surface area contributed by atoms with Crippen LogP contribution < -0.4 is 5.32 Å². The zero-order valence-electron chi connectivity index (χ0n) is 9.97. The lowest BCUT2D eigenvalue weighted by molar-refractivity contribution is 0.361. The first-order chi connectivity index (χ1) is 6.57. The van der Waals surface area contributed by atoms with Gasteiger partial charge in [0.25, 0.3) is 0 Å². The minimum absolute atomic E-state index is 0.580. The molecule has 1 nitrogen and oxygen atoms in total. The summed E-state index contributed by atoms with van der Waals surface area (Å²) < 4.78 is 0. The van der Waals surface area contributed by atoms with Crippen LogP contribution in [0.1, 0.15) is 52.9 Å². The van der Waals surface area contributed by atoms with Gasteiger partial charge < -0.3 is 5.32 Å². The minimum atomic E-state index is 0.580. The van der Waals surface area contributed by atoms with E-state index in [4.69, 9.17) is 0 Å². The highest BCUT2D eigenvalue weighted by molar-refractivity contribution is 4.91. The van der Waals surface area contributed by atoms with Crippen molar-refractivity contribution < 1.29 is 0 Å². The molecule has 0 aromatic carbocycles. The van der Waals surface area contributed by atoms with E-state index >= 15 is 0 Å². The number of hydrogen-bond acceptors (Lipinski definition) is 1. The molecule has 0 spiro atoms. The van der Waals surface area contributed by atoms with Gasteiger partial charge in [-0.1, -0.05) is 33.6 Å². The number of hydrogen-bond donors (Lipinski definition) is 1. The first kappa shape index (κ1) is 10.5. The Morgan fingerprint density at radius 1 is 1.21 bits per heavy atom. The van der Waals surface area contributed by atoms with Crippen molar-refractivity contribution in [3.8, 4) is 0 Å². The topological polar surface area (TPSA) is 12.0 Å². The van der Waals surface area contributed by atoms with Crippen molar-refractivity contribution in [2.24, 2.45) is 17.3 Å². The molecule has 14 heavy (non-hydrogen) atoms. The molecule has 2 fully saturated rings. The molecule has 2 aliphatic rings. The maximum atomic E-state index is 3.76. The Labute approximate surface area is 88.7 Å². The third kappa shape index (κ3) is 2.73. The Morgan fingerprint density at radius 3 is 2.43 bits per heavy atom. The van der Waals surface area contributed by atoms with E-state index in [1.807, 2.05) is 0 Å². The normalized spacial score (nSPS) is 36.2. The van der Waals surface area contributed by atoms with Gasteiger partial charge in [-0.05, 0) is 43.1 Å². The van der Waals surface area contributed by atoms with E-state index in [1.54, 1.807) is 0 Å². The third-order valence-corrected chi connectivity index (χ3v) is 3.99. The molecule has 2 rings (SSSR count). The SMILES string of the molecule is CC1CC(C)(C)CC1NCCC1CC1. The Hall–Kier alpha value is -0.0400. The lowest BCUT2D eigenvalue weighted by Crippen LogP contribution is -2.32. The molecule has 0 aromatic heterocycles. The Bertz CT molecular complexity index is 193. The summed E-state index contributed by atoms with van der Waals surface area (Å²) >= 11 is 0. The van der Waals surface area contributed by atoms with Gasteiger partial charge in [0.1, 0.15) is 0 Å². The summed E-state index contributed by atoms with van der Waals surface area (Å²) in [5.74, 6) is 1.96. The summed E-state index contributed by atoms with van der Waals surface area (Å²) in [4.78, 5) is 0. The van der Waals surface area contributed by atoms with Crippen LogP contribution in [0.3, 0.4) is 0 Å². The van der Waals surface area contributed by atoms with Gasteiger partial charge in [-0.25, -0.2) is 0 Å². The van der Waals surface area contributed by atoms with Crippen LogP contribution in [-0.4, -0.2) is 12.6 Å². The van der Waals surface area contributed by atoms with E-state index in [1.165, 1.54) is 38.6 Å². The van der Waals surface area contributed by atoms with Gasteiger partial charge in [-0.15, -0.1) is 0 Å². The maximum Gasteiger partial charge on any atom is 0.00979 e. The van der Waals surface area contributed by atoms with Crippen LogP contribution in [0.5, 0.6) is 0 Å². The molecular formula is C13H25N. The van der Waals surface area contributed by atoms with Crippen LogP contribution in [0.15, 0.2) is 0 Å². The zero-order valence-corrected chi connectivity index (χ0v) is 9.97. The molecule has 0 heterocycles. The number of rotatable bonds is 4. The average Bonchev–Trinajstić information content (AvgIpc) is 2.80. The van der Waals surface area contributed by atoms with Crippen LogP contribution in [0.25, 0.3) is 0 Å². The lowest BCUT2D eigenvalue weighted by Gasteiger charge is -2.18. The smallest absolute Gasteiger partial charge is 0.00979 e. The summed E-state index contributed by atoms with van der Waals surface area (Å²) in [5, 5.41) is 3.76. The molecule has 2 atom stereocenters. The Kier molecular flexibility index (Phi) is 2.88. The fraction of sp³-hybridized carbons (Fsp3) is 1.00. The van der Waals surface area contributed by atoms with Gasteiger partial charge in [0.05, 0.1) is 0 Å². The van der Waals surface area contributed by atoms with Crippen LogP contribution in [0.4, 0.5) is 0 Å². The molecule has 0 bridgehead atoms. The molecule has 1 heteroatoms. The Morgan fingerprint density at radius 2 is 1.93 bits per heavy atom. The van der Waals surface area contributed by atoms with Gasteiger partial charge in [0.15, 0.2) is 0 Å². The molecule has 2 unspecified atom stereocenters. The standard InChI is InChI=1S/C13H25N/c1-10-8-13(2,3)9-12(10)14-7-6-11-4-5-11/h10-12,14H,4-9H2,1-3H3. The van der Waals surface area contributed by atoms with E-state index in [0.717, 1.165) is 17.9 Å². The fourth-order valence-electron chi connectivity index (χ4n) is 3.05. The molecule has 0 radical (unpaired) electrons. The summed E-state index contributed by atoms with van der Waals surface area (Å²) in [6.07, 6.45) is 7.18. The molecule has 0 amide bonds. The van der Waals surface area contributed by atoms with Gasteiger partial charge in [-0.2, -0.15) is 0 Å². The summed E-state index contributed by atoms with van der Waals surface area (Å²) in [7, 11) is 0. The average molecular weight is 195 g/mol. The fourth-order valence-corrected chi connectivity index (χ4v) is 3.05. The maximum absolute atomic E-state index is 3.76. The van der Waals surface area contributed by atoms with Crippen molar-refractivity contribution in [3.05, 3.63) is 0 Å². The van der Waals surface area contributed by atoms with Crippen LogP contribution >= 0.6 is 0 Å². The van der Waals surface area contributed by atoms with E-state index in [-0.39, 0.29) is 0 Å². The first-order valence-corrected chi connectivity index (χ1v) is 6.30. The molecule has 0 saturated heterocycles. The number of nitrogens with one attached hydrogen (secondary N) is 1. The second kappa shape index (κ2) is 3.84. The van der Waals surface area contributed by atoms with E-state index in [0.29, 0.717) is 5.41 Å². The lowest BCUT2D eigenvalue weighted by atomic mass is 9.91. The molecule has 0 aliphatic heterocycles. The van der Waals surface area contributed by atoms with Crippen LogP contribution in [0.2, 0.25) is 0 Å². The van der Waals surface area contributed by atoms with Crippen molar-refractivity contribution in [2.75, 3.05) is 6.54 Å². The third-order valence-electron chi connectivity index (χ3n) is 3.99. The van der Waals surface area contributed by atoms with E-state index in [2.05, 4.69) is 26.1 Å². The molecular weight excluding hydrogens is 170 g/mol. The van der Waals surface area contributed by atoms with Crippen molar-refractivity contribution in [1.29, 1.82) is 0 Å². The molecule has 2 saturated carbocycles. The molecule has 0 aromatic rings. The Balaban J connectivity index is 1.69. The second-order valence-corrected chi connectivity index (χ2v) is 6.34. The molecule has 82 valence electrons.